The Balaban J connectivity index is 1.80. The van der Waals surface area contributed by atoms with E-state index in [9.17, 15) is 9.59 Å². The van der Waals surface area contributed by atoms with Crippen LogP contribution in [0.15, 0.2) is 28.7 Å². The molecule has 0 N–H and O–H groups in total. The first-order valence-corrected chi connectivity index (χ1v) is 8.55. The molecular weight excluding hydrogens is 330 g/mol. The Morgan fingerprint density at radius 1 is 1.19 bits per heavy atom. The monoisotopic (exact) mass is 349 g/mol. The highest BCUT2D eigenvalue weighted by molar-refractivity contribution is 9.10. The number of hydrogen-bond acceptors (Lipinski definition) is 2. The van der Waals surface area contributed by atoms with Crippen molar-refractivity contribution in [2.75, 3.05) is 6.54 Å². The van der Waals surface area contributed by atoms with Gasteiger partial charge in [0, 0.05) is 35.0 Å². The summed E-state index contributed by atoms with van der Waals surface area (Å²) in [6.45, 7) is 0.778. The smallest absolute Gasteiger partial charge is 0.254 e. The Hall–Kier alpha value is -1.16. The number of ketones is 1. The summed E-state index contributed by atoms with van der Waals surface area (Å²) in [6.07, 6.45) is 5.75. The van der Waals surface area contributed by atoms with Crippen molar-refractivity contribution in [2.24, 2.45) is 5.92 Å². The maximum absolute atomic E-state index is 12.8. The second-order valence-corrected chi connectivity index (χ2v) is 6.95. The second kappa shape index (κ2) is 6.30. The predicted molar refractivity (Wildman–Crippen MR) is 85.2 cm³/mol. The molecule has 112 valence electrons. The topological polar surface area (TPSA) is 37.4 Å². The molecule has 21 heavy (non-hydrogen) atoms. The lowest BCUT2D eigenvalue weighted by Gasteiger charge is -2.33. The van der Waals surface area contributed by atoms with Crippen LogP contribution in [0.5, 0.6) is 0 Å². The molecule has 2 fully saturated rings. The summed E-state index contributed by atoms with van der Waals surface area (Å²) in [6, 6.07) is 7.63. The predicted octanol–water partition coefficient (Wildman–Crippen LogP) is 3.81. The van der Waals surface area contributed by atoms with Crippen molar-refractivity contribution in [3.63, 3.8) is 0 Å². The lowest BCUT2D eigenvalue weighted by Crippen LogP contribution is -2.43. The van der Waals surface area contributed by atoms with E-state index in [1.54, 1.807) is 0 Å². The lowest BCUT2D eigenvalue weighted by atomic mass is 9.81. The van der Waals surface area contributed by atoms with Gasteiger partial charge in [0.2, 0.25) is 0 Å². The third kappa shape index (κ3) is 3.05. The van der Waals surface area contributed by atoms with Crippen molar-refractivity contribution < 1.29 is 9.59 Å². The molecule has 4 heteroatoms. The van der Waals surface area contributed by atoms with E-state index in [2.05, 4.69) is 15.9 Å². The van der Waals surface area contributed by atoms with E-state index in [0.29, 0.717) is 17.8 Å². The number of rotatable bonds is 2. The van der Waals surface area contributed by atoms with E-state index < -0.39 is 0 Å². The molecule has 1 aromatic rings. The molecule has 1 aliphatic carbocycles. The minimum absolute atomic E-state index is 0.0668. The molecule has 2 unspecified atom stereocenters. The summed E-state index contributed by atoms with van der Waals surface area (Å²) in [5.41, 5.74) is 0.708. The standard InChI is InChI=1S/C17H20BrNO2/c18-13-6-3-5-12(11-13)17(21)19-10-4-8-15(19)14-7-1-2-9-16(14)20/h3,5-6,11,14-15H,1-2,4,7-10H2. The van der Waals surface area contributed by atoms with E-state index in [1.807, 2.05) is 29.2 Å². The molecule has 0 aromatic heterocycles. The first kappa shape index (κ1) is 14.8. The van der Waals surface area contributed by atoms with Crippen LogP contribution >= 0.6 is 15.9 Å². The van der Waals surface area contributed by atoms with Crippen LogP contribution in [0.4, 0.5) is 0 Å². The number of halogens is 1. The molecule has 1 aromatic carbocycles. The summed E-state index contributed by atoms with van der Waals surface area (Å²) in [7, 11) is 0. The number of amides is 1. The van der Waals surface area contributed by atoms with Crippen molar-refractivity contribution >= 4 is 27.6 Å². The van der Waals surface area contributed by atoms with E-state index in [1.165, 1.54) is 0 Å². The molecule has 1 amide bonds. The van der Waals surface area contributed by atoms with E-state index >= 15 is 0 Å². The van der Waals surface area contributed by atoms with Gasteiger partial charge in [0.1, 0.15) is 5.78 Å². The molecule has 1 aliphatic heterocycles. The van der Waals surface area contributed by atoms with Crippen LogP contribution in [0.25, 0.3) is 0 Å². The summed E-state index contributed by atoms with van der Waals surface area (Å²) < 4.78 is 0.915. The van der Waals surface area contributed by atoms with Gasteiger partial charge < -0.3 is 4.90 Å². The second-order valence-electron chi connectivity index (χ2n) is 6.04. The minimum atomic E-state index is 0.0668. The number of carbonyl (C=O) groups excluding carboxylic acids is 2. The molecule has 1 saturated carbocycles. The third-order valence-electron chi connectivity index (χ3n) is 4.70. The highest BCUT2D eigenvalue weighted by Crippen LogP contribution is 2.33. The van der Waals surface area contributed by atoms with Crippen molar-refractivity contribution in [2.45, 2.75) is 44.6 Å². The fraction of sp³-hybridized carbons (Fsp3) is 0.529. The Labute approximate surface area is 133 Å². The molecule has 1 saturated heterocycles. The van der Waals surface area contributed by atoms with Crippen molar-refractivity contribution in [3.8, 4) is 0 Å². The zero-order chi connectivity index (χ0) is 14.8. The van der Waals surface area contributed by atoms with Gasteiger partial charge in [0.05, 0.1) is 0 Å². The summed E-state index contributed by atoms with van der Waals surface area (Å²) in [5, 5.41) is 0. The highest BCUT2D eigenvalue weighted by atomic mass is 79.9. The fourth-order valence-electron chi connectivity index (χ4n) is 3.67. The van der Waals surface area contributed by atoms with Crippen molar-refractivity contribution in [3.05, 3.63) is 34.3 Å². The Morgan fingerprint density at radius 3 is 2.81 bits per heavy atom. The Bertz CT molecular complexity index is 557. The van der Waals surface area contributed by atoms with Gasteiger partial charge in [0.25, 0.3) is 5.91 Å². The number of Topliss-reactive ketones (excluding diaryl/α,β-unsaturated/α-hetero) is 1. The zero-order valence-corrected chi connectivity index (χ0v) is 13.6. The summed E-state index contributed by atoms with van der Waals surface area (Å²) in [4.78, 5) is 26.9. The molecule has 1 heterocycles. The molecule has 0 spiro atoms. The van der Waals surface area contributed by atoms with Crippen LogP contribution in [0.3, 0.4) is 0 Å². The molecule has 0 radical (unpaired) electrons. The highest BCUT2D eigenvalue weighted by Gasteiger charge is 2.39. The zero-order valence-electron chi connectivity index (χ0n) is 12.1. The summed E-state index contributed by atoms with van der Waals surface area (Å²) in [5.74, 6) is 0.495. The Kier molecular flexibility index (Phi) is 4.43. The molecular formula is C17H20BrNO2. The van der Waals surface area contributed by atoms with Crippen LogP contribution in [-0.2, 0) is 4.79 Å². The molecule has 2 atom stereocenters. The van der Waals surface area contributed by atoms with Gasteiger partial charge in [-0.3, -0.25) is 9.59 Å². The average Bonchev–Trinajstić information content (AvgIpc) is 2.96. The first-order valence-electron chi connectivity index (χ1n) is 7.76. The van der Waals surface area contributed by atoms with Gasteiger partial charge in [-0.1, -0.05) is 28.4 Å². The number of hydrogen-bond donors (Lipinski definition) is 0. The van der Waals surface area contributed by atoms with E-state index in [-0.39, 0.29) is 17.9 Å². The minimum Gasteiger partial charge on any atom is -0.335 e. The summed E-state index contributed by atoms with van der Waals surface area (Å²) >= 11 is 3.42. The van der Waals surface area contributed by atoms with Gasteiger partial charge >= 0.3 is 0 Å². The Morgan fingerprint density at radius 2 is 2.05 bits per heavy atom. The molecule has 3 rings (SSSR count). The third-order valence-corrected chi connectivity index (χ3v) is 5.19. The van der Waals surface area contributed by atoms with Gasteiger partial charge in [-0.2, -0.15) is 0 Å². The fourth-order valence-corrected chi connectivity index (χ4v) is 4.07. The number of benzene rings is 1. The van der Waals surface area contributed by atoms with Gasteiger partial charge in [-0.15, -0.1) is 0 Å². The quantitative estimate of drug-likeness (QED) is 0.813. The van der Waals surface area contributed by atoms with Crippen molar-refractivity contribution in [1.82, 2.24) is 4.90 Å². The number of likely N-dealkylation sites (tertiary alicyclic amines) is 1. The van der Waals surface area contributed by atoms with Crippen molar-refractivity contribution in [1.29, 1.82) is 0 Å². The van der Waals surface area contributed by atoms with Crippen LogP contribution in [0.1, 0.15) is 48.9 Å². The van der Waals surface area contributed by atoms with E-state index in [0.717, 1.165) is 43.1 Å². The maximum atomic E-state index is 12.8. The largest absolute Gasteiger partial charge is 0.335 e. The van der Waals surface area contributed by atoms with Gasteiger partial charge in [-0.05, 0) is 43.9 Å². The first-order chi connectivity index (χ1) is 10.2. The van der Waals surface area contributed by atoms with E-state index in [4.69, 9.17) is 0 Å². The van der Waals surface area contributed by atoms with Crippen LogP contribution in [-0.4, -0.2) is 29.2 Å². The average molecular weight is 350 g/mol. The number of nitrogens with zero attached hydrogens (tertiary/aromatic N) is 1. The SMILES string of the molecule is O=C1CCCCC1C1CCCN1C(=O)c1cccc(Br)c1. The lowest BCUT2D eigenvalue weighted by molar-refractivity contribution is -0.126. The normalized spacial score (nSPS) is 26.1. The maximum Gasteiger partial charge on any atom is 0.254 e. The molecule has 3 nitrogen and oxygen atoms in total. The molecule has 0 bridgehead atoms. The van der Waals surface area contributed by atoms with Crippen LogP contribution in [0.2, 0.25) is 0 Å². The van der Waals surface area contributed by atoms with Crippen LogP contribution in [0, 0.1) is 5.92 Å². The van der Waals surface area contributed by atoms with Gasteiger partial charge in [-0.25, -0.2) is 0 Å². The van der Waals surface area contributed by atoms with Gasteiger partial charge in [0.15, 0.2) is 0 Å². The molecule has 2 aliphatic rings. The number of carbonyl (C=O) groups is 2. The van der Waals surface area contributed by atoms with Crippen LogP contribution < -0.4 is 0 Å².